The van der Waals surface area contributed by atoms with E-state index in [1.807, 2.05) is 6.92 Å². The van der Waals surface area contributed by atoms with Crippen molar-refractivity contribution in [1.29, 1.82) is 0 Å². The third-order valence-corrected chi connectivity index (χ3v) is 4.10. The van der Waals surface area contributed by atoms with Gasteiger partial charge in [0.1, 0.15) is 6.10 Å². The van der Waals surface area contributed by atoms with Gasteiger partial charge in [-0.25, -0.2) is 0 Å². The molecule has 0 aromatic rings. The van der Waals surface area contributed by atoms with Gasteiger partial charge in [-0.1, -0.05) is 64.5 Å². The molecule has 23 heavy (non-hydrogen) atoms. The fourth-order valence-corrected chi connectivity index (χ4v) is 2.48. The Morgan fingerprint density at radius 2 is 1.48 bits per heavy atom. The molecule has 0 aromatic carbocycles. The lowest BCUT2D eigenvalue weighted by atomic mass is 10.1. The fraction of sp³-hybridized carbons (Fsp3) is 0.850. The first-order valence-electron chi connectivity index (χ1n) is 9.69. The molecule has 0 aliphatic rings. The molecule has 3 heteroatoms. The molecule has 0 aliphatic heterocycles. The highest BCUT2D eigenvalue weighted by Crippen LogP contribution is 2.10. The maximum absolute atomic E-state index is 11.5. The summed E-state index contributed by atoms with van der Waals surface area (Å²) in [6.07, 6.45) is 18.9. The Balaban J connectivity index is 3.30. The standard InChI is InChI=1S/C20H38O3/c1-3-5-6-7-8-9-10-11-12-13-14-15-16-17-20(22)23-19(4-2)18-21/h9-10,19,21H,3-8,11-18H2,1-2H3/b10-9-. The molecule has 0 amide bonds. The van der Waals surface area contributed by atoms with E-state index >= 15 is 0 Å². The lowest BCUT2D eigenvalue weighted by Crippen LogP contribution is -2.20. The highest BCUT2D eigenvalue weighted by molar-refractivity contribution is 5.69. The molecule has 1 unspecified atom stereocenters. The second kappa shape index (κ2) is 17.5. The van der Waals surface area contributed by atoms with Gasteiger partial charge < -0.3 is 9.84 Å². The molecule has 0 heterocycles. The highest BCUT2D eigenvalue weighted by atomic mass is 16.5. The van der Waals surface area contributed by atoms with Crippen molar-refractivity contribution in [3.63, 3.8) is 0 Å². The highest BCUT2D eigenvalue weighted by Gasteiger charge is 2.10. The van der Waals surface area contributed by atoms with Crippen LogP contribution >= 0.6 is 0 Å². The molecule has 136 valence electrons. The van der Waals surface area contributed by atoms with E-state index in [1.54, 1.807) is 0 Å². The molecule has 0 spiro atoms. The van der Waals surface area contributed by atoms with Gasteiger partial charge in [-0.3, -0.25) is 4.79 Å². The van der Waals surface area contributed by atoms with E-state index in [0.717, 1.165) is 12.8 Å². The van der Waals surface area contributed by atoms with Crippen LogP contribution in [0.2, 0.25) is 0 Å². The van der Waals surface area contributed by atoms with E-state index < -0.39 is 0 Å². The summed E-state index contributed by atoms with van der Waals surface area (Å²) in [5.41, 5.74) is 0. The van der Waals surface area contributed by atoms with E-state index in [0.29, 0.717) is 12.8 Å². The van der Waals surface area contributed by atoms with Crippen LogP contribution in [0.25, 0.3) is 0 Å². The normalized spacial score (nSPS) is 12.7. The molecule has 0 fully saturated rings. The van der Waals surface area contributed by atoms with Gasteiger partial charge in [0.05, 0.1) is 6.61 Å². The van der Waals surface area contributed by atoms with Gasteiger partial charge in [0, 0.05) is 6.42 Å². The summed E-state index contributed by atoms with van der Waals surface area (Å²) in [7, 11) is 0. The van der Waals surface area contributed by atoms with E-state index in [2.05, 4.69) is 19.1 Å². The van der Waals surface area contributed by atoms with Crippen LogP contribution < -0.4 is 0 Å². The first kappa shape index (κ1) is 22.2. The van der Waals surface area contributed by atoms with Crippen molar-refractivity contribution in [3.05, 3.63) is 12.2 Å². The lowest BCUT2D eigenvalue weighted by Gasteiger charge is -2.12. The van der Waals surface area contributed by atoms with Crippen LogP contribution in [-0.2, 0) is 9.53 Å². The zero-order chi connectivity index (χ0) is 17.2. The minimum Gasteiger partial charge on any atom is -0.460 e. The number of ether oxygens (including phenoxy) is 1. The Morgan fingerprint density at radius 3 is 2.04 bits per heavy atom. The molecular formula is C20H38O3. The largest absolute Gasteiger partial charge is 0.460 e. The van der Waals surface area contributed by atoms with Crippen LogP contribution in [0.3, 0.4) is 0 Å². The Labute approximate surface area is 143 Å². The second-order valence-electron chi connectivity index (χ2n) is 6.33. The van der Waals surface area contributed by atoms with E-state index in [1.165, 1.54) is 57.8 Å². The predicted octanol–water partition coefficient (Wildman–Crippen LogP) is 5.56. The molecule has 1 atom stereocenters. The summed E-state index contributed by atoms with van der Waals surface area (Å²) in [4.78, 5) is 11.5. The quantitative estimate of drug-likeness (QED) is 0.229. The summed E-state index contributed by atoms with van der Waals surface area (Å²) >= 11 is 0. The van der Waals surface area contributed by atoms with Crippen molar-refractivity contribution in [2.75, 3.05) is 6.61 Å². The van der Waals surface area contributed by atoms with Crippen LogP contribution in [0.5, 0.6) is 0 Å². The minimum atomic E-state index is -0.323. The first-order chi connectivity index (χ1) is 11.2. The van der Waals surface area contributed by atoms with Crippen molar-refractivity contribution in [1.82, 2.24) is 0 Å². The molecule has 1 N–H and O–H groups in total. The van der Waals surface area contributed by atoms with Crippen LogP contribution in [0.15, 0.2) is 12.2 Å². The fourth-order valence-electron chi connectivity index (χ4n) is 2.48. The summed E-state index contributed by atoms with van der Waals surface area (Å²) in [6, 6.07) is 0. The molecule has 3 nitrogen and oxygen atoms in total. The maximum atomic E-state index is 11.5. The number of carbonyl (C=O) groups is 1. The van der Waals surface area contributed by atoms with Crippen LogP contribution in [0.4, 0.5) is 0 Å². The monoisotopic (exact) mass is 326 g/mol. The molecule has 0 saturated heterocycles. The minimum absolute atomic E-state index is 0.0750. The third kappa shape index (κ3) is 15.8. The van der Waals surface area contributed by atoms with Gasteiger partial charge in [0.25, 0.3) is 0 Å². The van der Waals surface area contributed by atoms with E-state index in [4.69, 9.17) is 9.84 Å². The molecule has 0 saturated carbocycles. The van der Waals surface area contributed by atoms with Crippen molar-refractivity contribution in [2.45, 2.75) is 103 Å². The summed E-state index contributed by atoms with van der Waals surface area (Å²) < 4.78 is 5.16. The number of aliphatic hydroxyl groups excluding tert-OH is 1. The second-order valence-corrected chi connectivity index (χ2v) is 6.33. The van der Waals surface area contributed by atoms with Gasteiger partial charge in [-0.15, -0.1) is 0 Å². The SMILES string of the molecule is CCCCCC/C=C\CCCCCCCC(=O)OC(CC)CO. The Bertz CT molecular complexity index is 283. The number of rotatable bonds is 16. The maximum Gasteiger partial charge on any atom is 0.306 e. The van der Waals surface area contributed by atoms with Gasteiger partial charge in [-0.2, -0.15) is 0 Å². The number of carbonyl (C=O) groups excluding carboxylic acids is 1. The zero-order valence-corrected chi connectivity index (χ0v) is 15.4. The smallest absolute Gasteiger partial charge is 0.306 e. The van der Waals surface area contributed by atoms with E-state index in [-0.39, 0.29) is 18.7 Å². The van der Waals surface area contributed by atoms with Crippen LogP contribution in [0, 0.1) is 0 Å². The number of esters is 1. The number of aliphatic hydroxyl groups is 1. The van der Waals surface area contributed by atoms with Crippen LogP contribution in [-0.4, -0.2) is 23.8 Å². The molecule has 0 bridgehead atoms. The molecule has 0 aromatic heterocycles. The average Bonchev–Trinajstić information content (AvgIpc) is 2.56. The topological polar surface area (TPSA) is 46.5 Å². The zero-order valence-electron chi connectivity index (χ0n) is 15.4. The van der Waals surface area contributed by atoms with Crippen molar-refractivity contribution in [3.8, 4) is 0 Å². The van der Waals surface area contributed by atoms with E-state index in [9.17, 15) is 4.79 Å². The van der Waals surface area contributed by atoms with Gasteiger partial charge in [-0.05, 0) is 38.5 Å². The summed E-state index contributed by atoms with van der Waals surface area (Å²) in [6.45, 7) is 4.08. The first-order valence-corrected chi connectivity index (χ1v) is 9.69. The Morgan fingerprint density at radius 1 is 0.913 bits per heavy atom. The summed E-state index contributed by atoms with van der Waals surface area (Å²) in [5.74, 6) is -0.170. The molecule has 0 aliphatic carbocycles. The summed E-state index contributed by atoms with van der Waals surface area (Å²) in [5, 5.41) is 8.98. The number of hydrogen-bond acceptors (Lipinski definition) is 3. The van der Waals surface area contributed by atoms with Crippen molar-refractivity contribution < 1.29 is 14.6 Å². The van der Waals surface area contributed by atoms with Gasteiger partial charge in [0.2, 0.25) is 0 Å². The van der Waals surface area contributed by atoms with Crippen LogP contribution in [0.1, 0.15) is 97.3 Å². The van der Waals surface area contributed by atoms with Crippen molar-refractivity contribution >= 4 is 5.97 Å². The molecular weight excluding hydrogens is 288 g/mol. The Kier molecular flexibility index (Phi) is 16.9. The Hall–Kier alpha value is -0.830. The average molecular weight is 327 g/mol. The number of unbranched alkanes of at least 4 members (excludes halogenated alkanes) is 9. The predicted molar refractivity (Wildman–Crippen MR) is 97.5 cm³/mol. The van der Waals surface area contributed by atoms with Gasteiger partial charge in [0.15, 0.2) is 0 Å². The number of hydrogen-bond donors (Lipinski definition) is 1. The molecule has 0 rings (SSSR count). The lowest BCUT2D eigenvalue weighted by molar-refractivity contribution is -0.151. The molecule has 0 radical (unpaired) electrons. The van der Waals surface area contributed by atoms with Crippen molar-refractivity contribution in [2.24, 2.45) is 0 Å². The number of allylic oxidation sites excluding steroid dienone is 2. The third-order valence-electron chi connectivity index (χ3n) is 4.10. The van der Waals surface area contributed by atoms with Gasteiger partial charge >= 0.3 is 5.97 Å².